The highest BCUT2D eigenvalue weighted by Crippen LogP contribution is 2.47. The summed E-state index contributed by atoms with van der Waals surface area (Å²) < 4.78 is 11.2. The van der Waals surface area contributed by atoms with Crippen LogP contribution in [0.15, 0.2) is 113 Å². The van der Waals surface area contributed by atoms with Crippen LogP contribution in [0.25, 0.3) is 0 Å². The molecule has 2 amide bonds. The lowest BCUT2D eigenvalue weighted by Crippen LogP contribution is -2.70. The third-order valence-electron chi connectivity index (χ3n) is 6.74. The molecule has 1 fully saturated rings. The lowest BCUT2D eigenvalue weighted by atomic mass is 10.0. The number of rotatable bonds is 8. The Hall–Kier alpha value is -4.63. The van der Waals surface area contributed by atoms with E-state index in [4.69, 9.17) is 9.47 Å². The number of ether oxygens (including phenoxy) is 2. The van der Waals surface area contributed by atoms with Crippen LogP contribution in [0.2, 0.25) is 0 Å². The number of hydrogen-bond donors (Lipinski definition) is 1. The molecule has 41 heavy (non-hydrogen) atoms. The van der Waals surface area contributed by atoms with E-state index < -0.39 is 35.4 Å². The second kappa shape index (κ2) is 12.3. The first-order chi connectivity index (χ1) is 19.8. The Kier molecular flexibility index (Phi) is 8.35. The minimum absolute atomic E-state index is 0.0440. The number of carbonyl (C=O) groups is 4. The summed E-state index contributed by atoms with van der Waals surface area (Å²) in [6.45, 7) is 2.94. The molecule has 0 bridgehead atoms. The minimum Gasteiger partial charge on any atom is -0.448 e. The lowest BCUT2D eigenvalue weighted by Gasteiger charge is -2.50. The molecule has 1 N–H and O–H groups in total. The zero-order valence-corrected chi connectivity index (χ0v) is 23.3. The van der Waals surface area contributed by atoms with Crippen LogP contribution < -0.4 is 5.32 Å². The number of hydrogen-bond acceptors (Lipinski definition) is 7. The maximum atomic E-state index is 13.8. The predicted molar refractivity (Wildman–Crippen MR) is 154 cm³/mol. The van der Waals surface area contributed by atoms with Gasteiger partial charge in [-0.1, -0.05) is 103 Å². The summed E-state index contributed by atoms with van der Waals surface area (Å²) in [4.78, 5) is 53.4. The smallest absolute Gasteiger partial charge is 0.356 e. The largest absolute Gasteiger partial charge is 0.448 e. The van der Waals surface area contributed by atoms with Crippen molar-refractivity contribution in [1.29, 1.82) is 0 Å². The van der Waals surface area contributed by atoms with Crippen LogP contribution in [0.1, 0.15) is 36.6 Å². The quantitative estimate of drug-likeness (QED) is 0.240. The fraction of sp³-hybridized carbons (Fsp3) is 0.188. The molecule has 2 aliphatic heterocycles. The number of carbonyl (C=O) groups excluding carboxylic acids is 4. The summed E-state index contributed by atoms with van der Waals surface area (Å²) in [5.41, 5.74) is 2.82. The third-order valence-corrected chi connectivity index (χ3v) is 8.12. The molecule has 1 unspecified atom stereocenters. The SMILES string of the molecule is CC(=O)OC=C1S[C@H]2C(NC(=O)Cc3ccccc3)C(=O)N2C(C(=O)OC(c2ccccc2)c2ccccc2)=C1C. The molecule has 0 radical (unpaired) electrons. The molecule has 1 saturated heterocycles. The Balaban J connectivity index is 1.43. The number of amides is 2. The van der Waals surface area contributed by atoms with E-state index >= 15 is 0 Å². The Morgan fingerprint density at radius 1 is 0.927 bits per heavy atom. The van der Waals surface area contributed by atoms with E-state index in [1.807, 2.05) is 91.0 Å². The Bertz CT molecular complexity index is 1480. The number of nitrogens with one attached hydrogen (secondary N) is 1. The lowest BCUT2D eigenvalue weighted by molar-refractivity contribution is -0.154. The van der Waals surface area contributed by atoms with E-state index in [0.717, 1.165) is 16.7 Å². The van der Waals surface area contributed by atoms with Gasteiger partial charge < -0.3 is 14.8 Å². The van der Waals surface area contributed by atoms with E-state index in [1.54, 1.807) is 6.92 Å². The zero-order chi connectivity index (χ0) is 28.9. The van der Waals surface area contributed by atoms with Crippen LogP contribution in [-0.2, 0) is 35.1 Å². The standard InChI is InChI=1S/C32H28N2O6S/c1-20-25(19-39-21(2)35)41-31-27(33-26(36)18-22-12-6-3-7-13-22)30(37)34(31)28(20)32(38)40-29(23-14-8-4-9-15-23)24-16-10-5-11-17-24/h3-17,19,27,29,31H,18H2,1-2H3,(H,33,36)/t27?,31-/m0/s1. The molecule has 2 atom stereocenters. The van der Waals surface area contributed by atoms with Crippen molar-refractivity contribution in [2.24, 2.45) is 0 Å². The van der Waals surface area contributed by atoms with Gasteiger partial charge in [0.2, 0.25) is 5.91 Å². The van der Waals surface area contributed by atoms with Crippen LogP contribution in [0, 0.1) is 0 Å². The summed E-state index contributed by atoms with van der Waals surface area (Å²) >= 11 is 1.23. The highest BCUT2D eigenvalue weighted by atomic mass is 32.2. The van der Waals surface area contributed by atoms with Gasteiger partial charge in [-0.25, -0.2) is 4.79 Å². The molecule has 8 nitrogen and oxygen atoms in total. The molecular formula is C32H28N2O6S. The number of allylic oxidation sites excluding steroid dienone is 1. The van der Waals surface area contributed by atoms with Crippen LogP contribution in [0.3, 0.4) is 0 Å². The van der Waals surface area contributed by atoms with Crippen molar-refractivity contribution in [3.8, 4) is 0 Å². The van der Waals surface area contributed by atoms with Gasteiger partial charge in [-0.15, -0.1) is 0 Å². The van der Waals surface area contributed by atoms with E-state index in [-0.39, 0.29) is 18.0 Å². The number of esters is 2. The molecule has 3 aromatic rings. The number of thioether (sulfide) groups is 1. The third kappa shape index (κ3) is 6.10. The first-order valence-electron chi connectivity index (χ1n) is 13.1. The molecule has 2 aliphatic rings. The van der Waals surface area contributed by atoms with Crippen molar-refractivity contribution in [2.45, 2.75) is 37.8 Å². The number of nitrogens with zero attached hydrogens (tertiary/aromatic N) is 1. The van der Waals surface area contributed by atoms with E-state index in [2.05, 4.69) is 5.32 Å². The number of β-lactam (4-membered cyclic amide) rings is 1. The second-order valence-corrected chi connectivity index (χ2v) is 10.8. The van der Waals surface area contributed by atoms with Gasteiger partial charge in [0.1, 0.15) is 23.4 Å². The fourth-order valence-electron chi connectivity index (χ4n) is 4.73. The van der Waals surface area contributed by atoms with Gasteiger partial charge in [-0.3, -0.25) is 19.3 Å². The first-order valence-corrected chi connectivity index (χ1v) is 13.9. The summed E-state index contributed by atoms with van der Waals surface area (Å²) in [6.07, 6.45) is 0.652. The molecule has 5 rings (SSSR count). The Morgan fingerprint density at radius 2 is 1.49 bits per heavy atom. The first kappa shape index (κ1) is 27.9. The molecule has 0 saturated carbocycles. The van der Waals surface area contributed by atoms with Crippen molar-refractivity contribution in [3.63, 3.8) is 0 Å². The van der Waals surface area contributed by atoms with Crippen LogP contribution in [-0.4, -0.2) is 40.1 Å². The molecule has 0 aromatic heterocycles. The molecule has 0 aliphatic carbocycles. The van der Waals surface area contributed by atoms with Crippen molar-refractivity contribution in [3.05, 3.63) is 130 Å². The van der Waals surface area contributed by atoms with Crippen molar-refractivity contribution >= 4 is 35.5 Å². The van der Waals surface area contributed by atoms with Crippen LogP contribution in [0.5, 0.6) is 0 Å². The summed E-state index contributed by atoms with van der Waals surface area (Å²) in [7, 11) is 0. The van der Waals surface area contributed by atoms with Crippen molar-refractivity contribution in [1.82, 2.24) is 10.2 Å². The zero-order valence-electron chi connectivity index (χ0n) is 22.5. The molecular weight excluding hydrogens is 540 g/mol. The second-order valence-electron chi connectivity index (χ2n) is 9.60. The summed E-state index contributed by atoms with van der Waals surface area (Å²) in [6, 6.07) is 27.0. The minimum atomic E-state index is -0.869. The van der Waals surface area contributed by atoms with Gasteiger partial charge in [0, 0.05) is 11.8 Å². The summed E-state index contributed by atoms with van der Waals surface area (Å²) in [5, 5.41) is 2.18. The topological polar surface area (TPSA) is 102 Å². The van der Waals surface area contributed by atoms with Gasteiger partial charge in [-0.2, -0.15) is 0 Å². The van der Waals surface area contributed by atoms with E-state index in [0.29, 0.717) is 10.5 Å². The molecule has 2 heterocycles. The molecule has 0 spiro atoms. The van der Waals surface area contributed by atoms with Crippen LogP contribution in [0.4, 0.5) is 0 Å². The Labute approximate surface area is 242 Å². The number of fused-ring (bicyclic) bond motifs is 1. The Morgan fingerprint density at radius 3 is 2.05 bits per heavy atom. The highest BCUT2D eigenvalue weighted by molar-refractivity contribution is 8.04. The maximum absolute atomic E-state index is 13.8. The summed E-state index contributed by atoms with van der Waals surface area (Å²) in [5.74, 6) is -1.97. The van der Waals surface area contributed by atoms with Gasteiger partial charge in [0.15, 0.2) is 6.10 Å². The van der Waals surface area contributed by atoms with Gasteiger partial charge >= 0.3 is 11.9 Å². The number of benzene rings is 3. The van der Waals surface area contributed by atoms with E-state index in [9.17, 15) is 19.2 Å². The van der Waals surface area contributed by atoms with Gasteiger partial charge in [0.05, 0.1) is 6.42 Å². The van der Waals surface area contributed by atoms with Crippen LogP contribution >= 0.6 is 11.8 Å². The molecule has 208 valence electrons. The van der Waals surface area contributed by atoms with Crippen molar-refractivity contribution < 1.29 is 28.7 Å². The average Bonchev–Trinajstić information content (AvgIpc) is 2.99. The van der Waals surface area contributed by atoms with Gasteiger partial charge in [-0.05, 0) is 29.2 Å². The average molecular weight is 569 g/mol. The predicted octanol–water partition coefficient (Wildman–Crippen LogP) is 4.64. The van der Waals surface area contributed by atoms with Crippen molar-refractivity contribution in [2.75, 3.05) is 0 Å². The normalized spacial score (nSPS) is 19.0. The molecule has 9 heteroatoms. The highest BCUT2D eigenvalue weighted by Gasteiger charge is 2.55. The molecule has 3 aromatic carbocycles. The van der Waals surface area contributed by atoms with E-state index in [1.165, 1.54) is 29.8 Å². The maximum Gasteiger partial charge on any atom is 0.356 e. The monoisotopic (exact) mass is 568 g/mol. The van der Waals surface area contributed by atoms with Gasteiger partial charge in [0.25, 0.3) is 5.91 Å². The fourth-order valence-corrected chi connectivity index (χ4v) is 6.00.